The highest BCUT2D eigenvalue weighted by Gasteiger charge is 2.21. The fourth-order valence-electron chi connectivity index (χ4n) is 2.28. The van der Waals surface area contributed by atoms with Crippen molar-refractivity contribution in [2.45, 2.75) is 12.8 Å². The maximum atomic E-state index is 11.8. The number of aliphatic hydroxyl groups excluding tert-OH is 1. The molecule has 1 aliphatic rings. The molecular formula is C13H18N4O4. The van der Waals surface area contributed by atoms with Gasteiger partial charge >= 0.3 is 5.82 Å². The summed E-state index contributed by atoms with van der Waals surface area (Å²) in [5.74, 6) is -0.109. The number of piperazine rings is 1. The minimum atomic E-state index is -0.526. The largest absolute Gasteiger partial charge is 0.396 e. The highest BCUT2D eigenvalue weighted by atomic mass is 16.6. The average molecular weight is 294 g/mol. The number of anilines is 1. The van der Waals surface area contributed by atoms with E-state index < -0.39 is 4.92 Å². The monoisotopic (exact) mass is 294 g/mol. The third-order valence-electron chi connectivity index (χ3n) is 3.47. The first-order chi connectivity index (χ1) is 10.1. The van der Waals surface area contributed by atoms with Gasteiger partial charge in [0.1, 0.15) is 0 Å². The van der Waals surface area contributed by atoms with E-state index in [9.17, 15) is 14.9 Å². The molecule has 1 amide bonds. The van der Waals surface area contributed by atoms with E-state index in [1.165, 1.54) is 12.3 Å². The summed E-state index contributed by atoms with van der Waals surface area (Å²) in [5.41, 5.74) is 0.822. The van der Waals surface area contributed by atoms with Gasteiger partial charge in [-0.05, 0) is 22.4 Å². The lowest BCUT2D eigenvalue weighted by Crippen LogP contribution is -2.48. The van der Waals surface area contributed by atoms with Crippen molar-refractivity contribution in [2.75, 3.05) is 37.7 Å². The van der Waals surface area contributed by atoms with Crippen LogP contribution in [0.4, 0.5) is 11.5 Å². The number of nitrogens with zero attached hydrogens (tertiary/aromatic N) is 4. The Morgan fingerprint density at radius 2 is 2.05 bits per heavy atom. The number of hydrogen-bond acceptors (Lipinski definition) is 6. The molecule has 8 nitrogen and oxygen atoms in total. The zero-order valence-corrected chi connectivity index (χ0v) is 11.6. The summed E-state index contributed by atoms with van der Waals surface area (Å²) in [6, 6.07) is 3.06. The fraction of sp³-hybridized carbons (Fsp3) is 0.538. The van der Waals surface area contributed by atoms with Crippen molar-refractivity contribution in [3.8, 4) is 0 Å². The molecule has 0 bridgehead atoms. The number of hydrogen-bond donors (Lipinski definition) is 1. The van der Waals surface area contributed by atoms with Gasteiger partial charge in [-0.25, -0.2) is 0 Å². The second kappa shape index (κ2) is 6.98. The summed E-state index contributed by atoms with van der Waals surface area (Å²) in [6.07, 6.45) is 2.35. The molecule has 2 rings (SSSR count). The van der Waals surface area contributed by atoms with Crippen LogP contribution < -0.4 is 4.90 Å². The highest BCUT2D eigenvalue weighted by molar-refractivity contribution is 5.76. The lowest BCUT2D eigenvalue weighted by atomic mass is 10.2. The van der Waals surface area contributed by atoms with E-state index in [4.69, 9.17) is 5.11 Å². The molecule has 0 unspecified atom stereocenters. The third-order valence-corrected chi connectivity index (χ3v) is 3.47. The molecule has 0 saturated carbocycles. The van der Waals surface area contributed by atoms with Crippen LogP contribution in [0.3, 0.4) is 0 Å². The topological polar surface area (TPSA) is 99.8 Å². The minimum Gasteiger partial charge on any atom is -0.396 e. The Bertz CT molecular complexity index is 497. The Balaban J connectivity index is 1.88. The van der Waals surface area contributed by atoms with E-state index in [-0.39, 0.29) is 18.3 Å². The number of carbonyl (C=O) groups excluding carboxylic acids is 1. The van der Waals surface area contributed by atoms with Crippen LogP contribution in [0.15, 0.2) is 18.3 Å². The van der Waals surface area contributed by atoms with Gasteiger partial charge in [0.25, 0.3) is 0 Å². The van der Waals surface area contributed by atoms with E-state index in [2.05, 4.69) is 4.98 Å². The van der Waals surface area contributed by atoms with Crippen molar-refractivity contribution in [3.63, 3.8) is 0 Å². The van der Waals surface area contributed by atoms with Crippen LogP contribution in [0.25, 0.3) is 0 Å². The lowest BCUT2D eigenvalue weighted by Gasteiger charge is -2.35. The molecule has 0 aromatic carbocycles. The van der Waals surface area contributed by atoms with Crippen LogP contribution in [0.5, 0.6) is 0 Å². The Morgan fingerprint density at radius 1 is 1.33 bits per heavy atom. The van der Waals surface area contributed by atoms with Gasteiger partial charge < -0.3 is 25.0 Å². The summed E-state index contributed by atoms with van der Waals surface area (Å²) in [4.78, 5) is 29.5. The van der Waals surface area contributed by atoms with Crippen LogP contribution in [-0.4, -0.2) is 58.6 Å². The number of rotatable bonds is 5. The lowest BCUT2D eigenvalue weighted by molar-refractivity contribution is -0.389. The molecule has 114 valence electrons. The molecule has 0 aliphatic carbocycles. The Morgan fingerprint density at radius 3 is 2.57 bits per heavy atom. The van der Waals surface area contributed by atoms with Crippen molar-refractivity contribution in [2.24, 2.45) is 0 Å². The summed E-state index contributed by atoms with van der Waals surface area (Å²) in [6.45, 7) is 2.59. The second-order valence-electron chi connectivity index (χ2n) is 4.83. The zero-order chi connectivity index (χ0) is 15.2. The number of pyridine rings is 1. The van der Waals surface area contributed by atoms with Gasteiger partial charge in [-0.2, -0.15) is 0 Å². The van der Waals surface area contributed by atoms with E-state index in [0.29, 0.717) is 39.0 Å². The molecule has 0 atom stereocenters. The van der Waals surface area contributed by atoms with Crippen molar-refractivity contribution in [3.05, 3.63) is 28.4 Å². The van der Waals surface area contributed by atoms with Crippen molar-refractivity contribution in [1.82, 2.24) is 9.88 Å². The summed E-state index contributed by atoms with van der Waals surface area (Å²) >= 11 is 0. The van der Waals surface area contributed by atoms with Crippen LogP contribution in [-0.2, 0) is 4.79 Å². The van der Waals surface area contributed by atoms with Crippen molar-refractivity contribution in [1.29, 1.82) is 0 Å². The SMILES string of the molecule is O=C(CCCO)N1CCN(c2ccc([N+](=O)[O-])nc2)CC1. The van der Waals surface area contributed by atoms with Gasteiger partial charge in [0.05, 0.1) is 5.69 Å². The third kappa shape index (κ3) is 3.88. The van der Waals surface area contributed by atoms with Crippen molar-refractivity contribution < 1.29 is 14.8 Å². The van der Waals surface area contributed by atoms with Crippen LogP contribution in [0.2, 0.25) is 0 Å². The zero-order valence-electron chi connectivity index (χ0n) is 11.6. The van der Waals surface area contributed by atoms with E-state index in [1.54, 1.807) is 11.0 Å². The molecule has 0 spiro atoms. The predicted octanol–water partition coefficient (Wildman–Crippen LogP) is 0.411. The quantitative estimate of drug-likeness (QED) is 0.623. The van der Waals surface area contributed by atoms with Crippen LogP contribution in [0.1, 0.15) is 12.8 Å². The maximum absolute atomic E-state index is 11.8. The first kappa shape index (κ1) is 15.2. The summed E-state index contributed by atoms with van der Waals surface area (Å²) in [5, 5.41) is 19.3. The van der Waals surface area contributed by atoms with Crippen molar-refractivity contribution >= 4 is 17.4 Å². The number of aliphatic hydroxyl groups is 1. The van der Waals surface area contributed by atoms with Crippen LogP contribution >= 0.6 is 0 Å². The first-order valence-electron chi connectivity index (χ1n) is 6.86. The Labute approximate surface area is 122 Å². The molecule has 21 heavy (non-hydrogen) atoms. The minimum absolute atomic E-state index is 0.0279. The number of carbonyl (C=O) groups is 1. The van der Waals surface area contributed by atoms with Gasteiger partial charge in [0.2, 0.25) is 5.91 Å². The standard InChI is InChI=1S/C13H18N4O4/c18-9-1-2-13(19)16-7-5-15(6-8-16)11-3-4-12(14-10-11)17(20)21/h3-4,10,18H,1-2,5-9H2. The second-order valence-corrected chi connectivity index (χ2v) is 4.83. The number of nitro groups is 1. The predicted molar refractivity (Wildman–Crippen MR) is 76.0 cm³/mol. The molecule has 1 fully saturated rings. The van der Waals surface area contributed by atoms with E-state index >= 15 is 0 Å². The number of amides is 1. The van der Waals surface area contributed by atoms with E-state index in [1.807, 2.05) is 4.90 Å². The average Bonchev–Trinajstić information content (AvgIpc) is 2.53. The molecule has 8 heteroatoms. The molecule has 1 N–H and O–H groups in total. The van der Waals surface area contributed by atoms with Gasteiger partial charge in [-0.3, -0.25) is 4.79 Å². The molecule has 1 aromatic heterocycles. The molecular weight excluding hydrogens is 276 g/mol. The van der Waals surface area contributed by atoms with Gasteiger partial charge in [0, 0.05) is 45.3 Å². The Hall–Kier alpha value is -2.22. The summed E-state index contributed by atoms with van der Waals surface area (Å²) < 4.78 is 0. The van der Waals surface area contributed by atoms with Gasteiger partial charge in [-0.1, -0.05) is 0 Å². The number of aromatic nitrogens is 1. The smallest absolute Gasteiger partial charge is 0.363 e. The molecule has 1 aliphatic heterocycles. The summed E-state index contributed by atoms with van der Waals surface area (Å²) in [7, 11) is 0. The highest BCUT2D eigenvalue weighted by Crippen LogP contribution is 2.18. The van der Waals surface area contributed by atoms with E-state index in [0.717, 1.165) is 5.69 Å². The molecule has 0 radical (unpaired) electrons. The van der Waals surface area contributed by atoms with Gasteiger partial charge in [0.15, 0.2) is 6.20 Å². The van der Waals surface area contributed by atoms with Gasteiger partial charge in [-0.15, -0.1) is 0 Å². The fourth-order valence-corrected chi connectivity index (χ4v) is 2.28. The Kier molecular flexibility index (Phi) is 5.04. The maximum Gasteiger partial charge on any atom is 0.363 e. The molecule has 1 aromatic rings. The normalized spacial score (nSPS) is 15.1. The van der Waals surface area contributed by atoms with Crippen LogP contribution in [0, 0.1) is 10.1 Å². The molecule has 1 saturated heterocycles. The molecule has 2 heterocycles. The first-order valence-corrected chi connectivity index (χ1v) is 6.86.